The normalized spacial score (nSPS) is 15.8. The van der Waals surface area contributed by atoms with Crippen LogP contribution < -0.4 is 11.5 Å². The lowest BCUT2D eigenvalue weighted by Gasteiger charge is -2.27. The van der Waals surface area contributed by atoms with Crippen molar-refractivity contribution in [2.24, 2.45) is 16.5 Å². The third kappa shape index (κ3) is 2.50. The van der Waals surface area contributed by atoms with Crippen LogP contribution in [0.15, 0.2) is 46.9 Å². The summed E-state index contributed by atoms with van der Waals surface area (Å²) in [5, 5.41) is 0. The highest BCUT2D eigenvalue weighted by Gasteiger charge is 2.19. The van der Waals surface area contributed by atoms with Crippen molar-refractivity contribution < 1.29 is 4.74 Å². The Bertz CT molecular complexity index is 453. The highest BCUT2D eigenvalue weighted by atomic mass is 16.5. The molecule has 1 heterocycles. The quantitative estimate of drug-likeness (QED) is 0.805. The average Bonchev–Trinajstić information content (AvgIpc) is 2.34. The van der Waals surface area contributed by atoms with E-state index in [4.69, 9.17) is 16.2 Å². The predicted octanol–water partition coefficient (Wildman–Crippen LogP) is 0.753. The molecule has 0 spiro atoms. The first-order valence-corrected chi connectivity index (χ1v) is 5.24. The van der Waals surface area contributed by atoms with Gasteiger partial charge in [0.05, 0.1) is 12.8 Å². The minimum absolute atomic E-state index is 0.354. The molecule has 17 heavy (non-hydrogen) atoms. The van der Waals surface area contributed by atoms with Gasteiger partial charge in [0.25, 0.3) is 0 Å². The van der Waals surface area contributed by atoms with Gasteiger partial charge in [0.15, 0.2) is 5.96 Å². The Hall–Kier alpha value is -2.17. The maximum atomic E-state index is 5.83. The first kappa shape index (κ1) is 11.3. The number of nitrogens with zero attached hydrogens (tertiary/aromatic N) is 2. The number of guanidine groups is 1. The molecular weight excluding hydrogens is 216 g/mol. The van der Waals surface area contributed by atoms with Crippen LogP contribution in [0.4, 0.5) is 0 Å². The zero-order valence-corrected chi connectivity index (χ0v) is 9.63. The van der Waals surface area contributed by atoms with Crippen LogP contribution >= 0.6 is 0 Å². The SMILES string of the molecule is COC1=C(N)[CH]N(Cc2ccccc2)C(N)=N1. The van der Waals surface area contributed by atoms with E-state index in [1.165, 1.54) is 7.11 Å². The van der Waals surface area contributed by atoms with Gasteiger partial charge < -0.3 is 21.1 Å². The smallest absolute Gasteiger partial charge is 0.238 e. The minimum Gasteiger partial charge on any atom is -0.480 e. The van der Waals surface area contributed by atoms with E-state index in [-0.39, 0.29) is 0 Å². The number of methoxy groups -OCH3 is 1. The van der Waals surface area contributed by atoms with Crippen LogP contribution in [0.5, 0.6) is 0 Å². The van der Waals surface area contributed by atoms with Gasteiger partial charge in [-0.2, -0.15) is 4.99 Å². The van der Waals surface area contributed by atoms with Gasteiger partial charge in [0, 0.05) is 6.54 Å². The van der Waals surface area contributed by atoms with E-state index >= 15 is 0 Å². The van der Waals surface area contributed by atoms with Gasteiger partial charge in [-0.3, -0.25) is 0 Å². The highest BCUT2D eigenvalue weighted by Crippen LogP contribution is 2.16. The molecule has 5 heteroatoms. The molecule has 1 aromatic rings. The molecule has 0 atom stereocenters. The summed E-state index contributed by atoms with van der Waals surface area (Å²) >= 11 is 0. The Labute approximate surface area is 100 Å². The number of rotatable bonds is 3. The zero-order valence-electron chi connectivity index (χ0n) is 9.63. The lowest BCUT2D eigenvalue weighted by molar-refractivity contribution is 0.275. The average molecular weight is 231 g/mol. The fourth-order valence-electron chi connectivity index (χ4n) is 1.59. The molecule has 0 saturated carbocycles. The predicted molar refractivity (Wildman–Crippen MR) is 66.1 cm³/mol. The van der Waals surface area contributed by atoms with Crippen LogP contribution in [0.3, 0.4) is 0 Å². The summed E-state index contributed by atoms with van der Waals surface area (Å²) in [6, 6.07) is 9.97. The molecule has 0 saturated heterocycles. The first-order valence-electron chi connectivity index (χ1n) is 5.24. The van der Waals surface area contributed by atoms with Crippen LogP contribution in [-0.4, -0.2) is 18.0 Å². The Kier molecular flexibility index (Phi) is 3.18. The van der Waals surface area contributed by atoms with Gasteiger partial charge in [-0.1, -0.05) is 30.3 Å². The van der Waals surface area contributed by atoms with Gasteiger partial charge in [-0.15, -0.1) is 0 Å². The Balaban J connectivity index is 2.11. The molecule has 0 fully saturated rings. The molecular formula is C12H15N4O. The van der Waals surface area contributed by atoms with Gasteiger partial charge >= 0.3 is 0 Å². The van der Waals surface area contributed by atoms with Gasteiger partial charge in [-0.05, 0) is 5.56 Å². The number of aliphatic imine (C=N–C) groups is 1. The summed E-state index contributed by atoms with van der Waals surface area (Å²) in [6.07, 6.45) is 0. The summed E-state index contributed by atoms with van der Waals surface area (Å²) in [4.78, 5) is 5.87. The third-order valence-electron chi connectivity index (χ3n) is 2.44. The Morgan fingerprint density at radius 1 is 1.24 bits per heavy atom. The lowest BCUT2D eigenvalue weighted by atomic mass is 10.2. The summed E-state index contributed by atoms with van der Waals surface area (Å²) in [7, 11) is 1.51. The van der Waals surface area contributed by atoms with Gasteiger partial charge in [-0.25, -0.2) is 0 Å². The van der Waals surface area contributed by atoms with Crippen molar-refractivity contribution in [1.82, 2.24) is 4.90 Å². The summed E-state index contributed by atoms with van der Waals surface area (Å²) in [6.45, 7) is 2.36. The third-order valence-corrected chi connectivity index (χ3v) is 2.44. The van der Waals surface area contributed by atoms with Crippen molar-refractivity contribution in [2.75, 3.05) is 7.11 Å². The van der Waals surface area contributed by atoms with E-state index in [1.54, 1.807) is 11.4 Å². The molecule has 0 aromatic heterocycles. The second-order valence-corrected chi connectivity index (χ2v) is 3.68. The molecule has 1 aliphatic heterocycles. The monoisotopic (exact) mass is 231 g/mol. The number of nitrogens with two attached hydrogens (primary N) is 2. The molecule has 1 radical (unpaired) electrons. The number of ether oxygens (including phenoxy) is 1. The minimum atomic E-state index is 0.354. The van der Waals surface area contributed by atoms with E-state index in [0.717, 1.165) is 5.56 Å². The molecule has 1 aromatic carbocycles. The largest absolute Gasteiger partial charge is 0.480 e. The Morgan fingerprint density at radius 3 is 2.59 bits per heavy atom. The molecule has 0 unspecified atom stereocenters. The highest BCUT2D eigenvalue weighted by molar-refractivity contribution is 5.81. The number of hydrogen-bond acceptors (Lipinski definition) is 5. The fraction of sp³-hybridized carbons (Fsp3) is 0.167. The van der Waals surface area contributed by atoms with Crippen molar-refractivity contribution >= 4 is 5.96 Å². The first-order chi connectivity index (χ1) is 8.20. The van der Waals surface area contributed by atoms with Gasteiger partial charge in [0.2, 0.25) is 5.88 Å². The maximum absolute atomic E-state index is 5.83. The van der Waals surface area contributed by atoms with Gasteiger partial charge in [0.1, 0.15) is 6.54 Å². The number of benzene rings is 1. The van der Waals surface area contributed by atoms with E-state index in [9.17, 15) is 0 Å². The van der Waals surface area contributed by atoms with Crippen LogP contribution in [0, 0.1) is 6.54 Å². The van der Waals surface area contributed by atoms with Crippen molar-refractivity contribution in [3.8, 4) is 0 Å². The van der Waals surface area contributed by atoms with Crippen molar-refractivity contribution in [3.05, 3.63) is 54.0 Å². The van der Waals surface area contributed by atoms with E-state index < -0.39 is 0 Å². The molecule has 89 valence electrons. The van der Waals surface area contributed by atoms with E-state index in [1.807, 2.05) is 30.3 Å². The fourth-order valence-corrected chi connectivity index (χ4v) is 1.59. The summed E-state index contributed by atoms with van der Waals surface area (Å²) in [5.41, 5.74) is 13.2. The van der Waals surface area contributed by atoms with Crippen LogP contribution in [-0.2, 0) is 11.3 Å². The molecule has 1 aliphatic rings. The molecule has 0 bridgehead atoms. The number of hydrogen-bond donors (Lipinski definition) is 2. The van der Waals surface area contributed by atoms with E-state index in [2.05, 4.69) is 4.99 Å². The summed E-state index contributed by atoms with van der Waals surface area (Å²) in [5.74, 6) is 0.728. The standard InChI is InChI=1S/C12H15N4O/c1-17-11-10(13)8-16(12(14)15-11)7-9-5-3-2-4-6-9/h2-6,8H,7,13H2,1H3,(H2,14,15). The topological polar surface area (TPSA) is 76.9 Å². The van der Waals surface area contributed by atoms with Crippen molar-refractivity contribution in [2.45, 2.75) is 6.54 Å². The maximum Gasteiger partial charge on any atom is 0.238 e. The van der Waals surface area contributed by atoms with Crippen molar-refractivity contribution in [1.29, 1.82) is 0 Å². The second kappa shape index (κ2) is 4.78. The second-order valence-electron chi connectivity index (χ2n) is 3.68. The Morgan fingerprint density at radius 2 is 1.94 bits per heavy atom. The van der Waals surface area contributed by atoms with Crippen molar-refractivity contribution in [3.63, 3.8) is 0 Å². The molecule has 0 amide bonds. The molecule has 4 N–H and O–H groups in total. The zero-order chi connectivity index (χ0) is 12.3. The van der Waals surface area contributed by atoms with Crippen LogP contribution in [0.1, 0.15) is 5.56 Å². The lowest BCUT2D eigenvalue weighted by Crippen LogP contribution is -2.39. The van der Waals surface area contributed by atoms with Crippen LogP contribution in [0.25, 0.3) is 0 Å². The van der Waals surface area contributed by atoms with Crippen LogP contribution in [0.2, 0.25) is 0 Å². The summed E-state index contributed by atoms with van der Waals surface area (Å²) < 4.78 is 5.00. The molecule has 5 nitrogen and oxygen atoms in total. The molecule has 2 rings (SSSR count). The molecule has 0 aliphatic carbocycles. The van der Waals surface area contributed by atoms with E-state index in [0.29, 0.717) is 24.1 Å².